The maximum atomic E-state index is 11.4. The molecule has 104 valence electrons. The predicted octanol–water partition coefficient (Wildman–Crippen LogP) is 3.06. The van der Waals surface area contributed by atoms with Crippen LogP contribution in [0.4, 0.5) is 0 Å². The lowest BCUT2D eigenvalue weighted by Crippen LogP contribution is -2.43. The van der Waals surface area contributed by atoms with E-state index in [9.17, 15) is 9.90 Å². The van der Waals surface area contributed by atoms with Crippen LogP contribution in [0.2, 0.25) is 0 Å². The summed E-state index contributed by atoms with van der Waals surface area (Å²) in [5.41, 5.74) is 1.14. The van der Waals surface area contributed by atoms with Crippen LogP contribution in [0.3, 0.4) is 0 Å². The van der Waals surface area contributed by atoms with E-state index in [1.54, 1.807) is 0 Å². The monoisotopic (exact) mass is 261 g/mol. The Kier molecular flexibility index (Phi) is 4.97. The Balaban J connectivity index is 1.91. The second-order valence-electron chi connectivity index (χ2n) is 5.70. The van der Waals surface area contributed by atoms with Gasteiger partial charge in [0.1, 0.15) is 6.04 Å². The molecule has 1 atom stereocenters. The first kappa shape index (κ1) is 14.1. The topological polar surface area (TPSA) is 49.3 Å². The summed E-state index contributed by atoms with van der Waals surface area (Å²) in [5.74, 6) is 0.313. The van der Waals surface area contributed by atoms with E-state index in [1.807, 2.05) is 30.3 Å². The van der Waals surface area contributed by atoms with Gasteiger partial charge in [0.15, 0.2) is 0 Å². The van der Waals surface area contributed by atoms with Gasteiger partial charge in [0, 0.05) is 6.54 Å². The first-order chi connectivity index (χ1) is 9.16. The van der Waals surface area contributed by atoms with Crippen LogP contribution in [0.15, 0.2) is 30.3 Å². The number of hydrogen-bond acceptors (Lipinski definition) is 2. The third kappa shape index (κ3) is 4.06. The van der Waals surface area contributed by atoms with E-state index in [2.05, 4.69) is 12.2 Å². The van der Waals surface area contributed by atoms with Crippen molar-refractivity contribution in [2.75, 3.05) is 0 Å². The Morgan fingerprint density at radius 3 is 2.47 bits per heavy atom. The zero-order valence-corrected chi connectivity index (χ0v) is 11.5. The van der Waals surface area contributed by atoms with Gasteiger partial charge in [0.2, 0.25) is 0 Å². The average Bonchev–Trinajstić information content (AvgIpc) is 2.42. The summed E-state index contributed by atoms with van der Waals surface area (Å²) in [6, 6.07) is 9.57. The van der Waals surface area contributed by atoms with Crippen molar-refractivity contribution in [1.29, 1.82) is 0 Å². The normalized spacial score (nSPS) is 24.9. The second-order valence-corrected chi connectivity index (χ2v) is 5.70. The minimum absolute atomic E-state index is 0.275. The van der Waals surface area contributed by atoms with E-state index in [0.29, 0.717) is 6.54 Å². The molecule has 1 fully saturated rings. The van der Waals surface area contributed by atoms with E-state index in [0.717, 1.165) is 37.2 Å². The quantitative estimate of drug-likeness (QED) is 0.856. The summed E-state index contributed by atoms with van der Waals surface area (Å²) in [6.45, 7) is 2.88. The largest absolute Gasteiger partial charge is 0.480 e. The first-order valence-corrected chi connectivity index (χ1v) is 7.17. The van der Waals surface area contributed by atoms with Crippen LogP contribution in [-0.4, -0.2) is 17.1 Å². The minimum Gasteiger partial charge on any atom is -0.480 e. The van der Waals surface area contributed by atoms with Crippen LogP contribution in [0.5, 0.6) is 0 Å². The van der Waals surface area contributed by atoms with Gasteiger partial charge < -0.3 is 10.4 Å². The molecule has 1 aliphatic rings. The van der Waals surface area contributed by atoms with E-state index in [-0.39, 0.29) is 5.92 Å². The molecule has 0 saturated heterocycles. The molecule has 0 radical (unpaired) electrons. The highest BCUT2D eigenvalue weighted by atomic mass is 16.4. The number of rotatable bonds is 5. The standard InChI is InChI=1S/C16H23NO2/c1-12-7-9-14(10-8-12)15(16(18)19)17-11-13-5-3-2-4-6-13/h2-6,12,14-15,17H,7-11H2,1H3,(H,18,19). The highest BCUT2D eigenvalue weighted by molar-refractivity contribution is 5.73. The predicted molar refractivity (Wildman–Crippen MR) is 75.8 cm³/mol. The molecule has 0 heterocycles. The molecule has 1 unspecified atom stereocenters. The molecule has 1 aliphatic carbocycles. The van der Waals surface area contributed by atoms with Gasteiger partial charge in [-0.2, -0.15) is 0 Å². The second kappa shape index (κ2) is 6.71. The van der Waals surface area contributed by atoms with Crippen molar-refractivity contribution in [3.8, 4) is 0 Å². The third-order valence-electron chi connectivity index (χ3n) is 4.17. The molecule has 0 amide bonds. The van der Waals surface area contributed by atoms with Crippen LogP contribution >= 0.6 is 0 Å². The van der Waals surface area contributed by atoms with Crippen LogP contribution in [0.1, 0.15) is 38.2 Å². The van der Waals surface area contributed by atoms with Crippen molar-refractivity contribution in [3.63, 3.8) is 0 Å². The molecular weight excluding hydrogens is 238 g/mol. The summed E-state index contributed by atoms with van der Waals surface area (Å²) >= 11 is 0. The fourth-order valence-corrected chi connectivity index (χ4v) is 2.90. The smallest absolute Gasteiger partial charge is 0.320 e. The van der Waals surface area contributed by atoms with Gasteiger partial charge in [0.25, 0.3) is 0 Å². The number of hydrogen-bond donors (Lipinski definition) is 2. The summed E-state index contributed by atoms with van der Waals surface area (Å²) in [4.78, 5) is 11.4. The van der Waals surface area contributed by atoms with Gasteiger partial charge in [-0.1, -0.05) is 50.1 Å². The summed E-state index contributed by atoms with van der Waals surface area (Å²) in [7, 11) is 0. The average molecular weight is 261 g/mol. The number of aliphatic carboxylic acids is 1. The zero-order chi connectivity index (χ0) is 13.7. The maximum absolute atomic E-state index is 11.4. The molecule has 1 aromatic carbocycles. The highest BCUT2D eigenvalue weighted by Crippen LogP contribution is 2.30. The van der Waals surface area contributed by atoms with E-state index >= 15 is 0 Å². The molecule has 0 spiro atoms. The Hall–Kier alpha value is -1.35. The van der Waals surface area contributed by atoms with Crippen LogP contribution in [0.25, 0.3) is 0 Å². The van der Waals surface area contributed by atoms with Crippen LogP contribution in [-0.2, 0) is 11.3 Å². The molecule has 0 bridgehead atoms. The SMILES string of the molecule is CC1CCC(C(NCc2ccccc2)C(=O)O)CC1. The van der Waals surface area contributed by atoms with Crippen molar-refractivity contribution in [2.24, 2.45) is 11.8 Å². The molecule has 1 saturated carbocycles. The van der Waals surface area contributed by atoms with E-state index < -0.39 is 12.0 Å². The summed E-state index contributed by atoms with van der Waals surface area (Å²) in [5, 5.41) is 12.6. The van der Waals surface area contributed by atoms with Crippen molar-refractivity contribution in [2.45, 2.75) is 45.2 Å². The molecular formula is C16H23NO2. The molecule has 0 aromatic heterocycles. The number of carbonyl (C=O) groups is 1. The Labute approximate surface area is 115 Å². The van der Waals surface area contributed by atoms with Crippen LogP contribution < -0.4 is 5.32 Å². The number of benzene rings is 1. The van der Waals surface area contributed by atoms with E-state index in [1.165, 1.54) is 0 Å². The Bertz CT molecular complexity index is 396. The van der Waals surface area contributed by atoms with Gasteiger partial charge in [-0.05, 0) is 30.2 Å². The molecule has 19 heavy (non-hydrogen) atoms. The van der Waals surface area contributed by atoms with Gasteiger partial charge in [-0.15, -0.1) is 0 Å². The van der Waals surface area contributed by atoms with Gasteiger partial charge >= 0.3 is 5.97 Å². The molecule has 2 rings (SSSR count). The number of nitrogens with one attached hydrogen (secondary N) is 1. The van der Waals surface area contributed by atoms with Gasteiger partial charge in [0.05, 0.1) is 0 Å². The minimum atomic E-state index is -0.713. The lowest BCUT2D eigenvalue weighted by molar-refractivity contribution is -0.141. The highest BCUT2D eigenvalue weighted by Gasteiger charge is 2.30. The Morgan fingerprint density at radius 2 is 1.89 bits per heavy atom. The maximum Gasteiger partial charge on any atom is 0.320 e. The molecule has 3 heteroatoms. The lowest BCUT2D eigenvalue weighted by atomic mass is 9.79. The number of carboxylic acids is 1. The van der Waals surface area contributed by atoms with Crippen molar-refractivity contribution in [3.05, 3.63) is 35.9 Å². The molecule has 3 nitrogen and oxygen atoms in total. The first-order valence-electron chi connectivity index (χ1n) is 7.17. The van der Waals surface area contributed by atoms with Crippen molar-refractivity contribution < 1.29 is 9.90 Å². The molecule has 1 aromatic rings. The van der Waals surface area contributed by atoms with Gasteiger partial charge in [-0.3, -0.25) is 4.79 Å². The zero-order valence-electron chi connectivity index (χ0n) is 11.5. The number of carboxylic acid groups (broad SMARTS) is 1. The van der Waals surface area contributed by atoms with Crippen molar-refractivity contribution in [1.82, 2.24) is 5.32 Å². The third-order valence-corrected chi connectivity index (χ3v) is 4.17. The molecule has 0 aliphatic heterocycles. The van der Waals surface area contributed by atoms with E-state index in [4.69, 9.17) is 0 Å². The fourth-order valence-electron chi connectivity index (χ4n) is 2.90. The fraction of sp³-hybridized carbons (Fsp3) is 0.562. The lowest BCUT2D eigenvalue weighted by Gasteiger charge is -2.31. The van der Waals surface area contributed by atoms with Crippen molar-refractivity contribution >= 4 is 5.97 Å². The van der Waals surface area contributed by atoms with Gasteiger partial charge in [-0.25, -0.2) is 0 Å². The van der Waals surface area contributed by atoms with Crippen LogP contribution in [0, 0.1) is 11.8 Å². The summed E-state index contributed by atoms with van der Waals surface area (Å²) in [6.07, 6.45) is 4.36. The summed E-state index contributed by atoms with van der Waals surface area (Å²) < 4.78 is 0. The molecule has 2 N–H and O–H groups in total. The Morgan fingerprint density at radius 1 is 1.26 bits per heavy atom.